The second-order valence-electron chi connectivity index (χ2n) is 5.68. The van der Waals surface area contributed by atoms with E-state index in [0.717, 1.165) is 30.7 Å². The van der Waals surface area contributed by atoms with Crippen LogP contribution in [0.15, 0.2) is 24.3 Å². The van der Waals surface area contributed by atoms with E-state index in [1.54, 1.807) is 12.0 Å². The zero-order valence-electron chi connectivity index (χ0n) is 12.6. The molecular weight excluding hydrogens is 252 g/mol. The summed E-state index contributed by atoms with van der Waals surface area (Å²) in [6.07, 6.45) is 2.10. The van der Waals surface area contributed by atoms with E-state index in [1.165, 1.54) is 0 Å². The lowest BCUT2D eigenvalue weighted by atomic mass is 9.93. The van der Waals surface area contributed by atoms with Gasteiger partial charge in [-0.3, -0.25) is 4.79 Å². The average Bonchev–Trinajstić information content (AvgIpc) is 2.47. The summed E-state index contributed by atoms with van der Waals surface area (Å²) < 4.78 is 5.14. The predicted octanol–water partition coefficient (Wildman–Crippen LogP) is 2.04. The monoisotopic (exact) mass is 276 g/mol. The molecule has 1 aliphatic heterocycles. The number of nitrogens with zero attached hydrogens (tertiary/aromatic N) is 1. The Balaban J connectivity index is 1.92. The Morgan fingerprint density at radius 3 is 2.70 bits per heavy atom. The van der Waals surface area contributed by atoms with E-state index in [4.69, 9.17) is 4.74 Å². The molecule has 1 saturated heterocycles. The summed E-state index contributed by atoms with van der Waals surface area (Å²) in [5, 5.41) is 3.32. The van der Waals surface area contributed by atoms with E-state index < -0.39 is 0 Å². The molecular formula is C16H24N2O2. The summed E-state index contributed by atoms with van der Waals surface area (Å²) in [5.41, 5.74) is 1.12. The summed E-state index contributed by atoms with van der Waals surface area (Å²) >= 11 is 0. The zero-order valence-corrected chi connectivity index (χ0v) is 12.6. The smallest absolute Gasteiger partial charge is 0.239 e. The Kier molecular flexibility index (Phi) is 5.01. The third kappa shape index (κ3) is 3.73. The fourth-order valence-electron chi connectivity index (χ4n) is 2.64. The molecule has 1 aromatic rings. The van der Waals surface area contributed by atoms with Gasteiger partial charge in [0, 0.05) is 13.6 Å². The molecule has 1 N–H and O–H groups in total. The number of ether oxygens (including phenoxy) is 1. The van der Waals surface area contributed by atoms with Crippen molar-refractivity contribution in [1.29, 1.82) is 0 Å². The first-order chi connectivity index (χ1) is 9.60. The van der Waals surface area contributed by atoms with Crippen LogP contribution in [0.3, 0.4) is 0 Å². The van der Waals surface area contributed by atoms with Crippen LogP contribution in [0.5, 0.6) is 5.75 Å². The normalized spacial score (nSPS) is 22.4. The van der Waals surface area contributed by atoms with E-state index in [0.29, 0.717) is 12.5 Å². The lowest BCUT2D eigenvalue weighted by Gasteiger charge is -2.30. The lowest BCUT2D eigenvalue weighted by Crippen LogP contribution is -2.48. The van der Waals surface area contributed by atoms with E-state index in [9.17, 15) is 4.79 Å². The molecule has 0 radical (unpaired) electrons. The standard InChI is InChI=1S/C16H24N2O2/c1-12-8-9-17-15(10-12)16(19)18(2)11-13-4-6-14(20-3)7-5-13/h4-7,12,15,17H,8-11H2,1-3H3. The fraction of sp³-hybridized carbons (Fsp3) is 0.562. The molecule has 0 bridgehead atoms. The molecule has 0 aliphatic carbocycles. The van der Waals surface area contributed by atoms with Crippen molar-refractivity contribution in [2.75, 3.05) is 20.7 Å². The largest absolute Gasteiger partial charge is 0.497 e. The second-order valence-corrected chi connectivity index (χ2v) is 5.68. The number of piperidine rings is 1. The van der Waals surface area contributed by atoms with Crippen molar-refractivity contribution < 1.29 is 9.53 Å². The highest BCUT2D eigenvalue weighted by atomic mass is 16.5. The van der Waals surface area contributed by atoms with Crippen LogP contribution in [0.4, 0.5) is 0 Å². The number of carbonyl (C=O) groups is 1. The summed E-state index contributed by atoms with van der Waals surface area (Å²) in [6.45, 7) is 3.79. The van der Waals surface area contributed by atoms with Crippen LogP contribution in [-0.4, -0.2) is 37.6 Å². The summed E-state index contributed by atoms with van der Waals surface area (Å²) in [7, 11) is 3.52. The van der Waals surface area contributed by atoms with Gasteiger partial charge in [0.2, 0.25) is 5.91 Å². The number of benzene rings is 1. The van der Waals surface area contributed by atoms with Gasteiger partial charge in [0.25, 0.3) is 0 Å². The SMILES string of the molecule is COc1ccc(CN(C)C(=O)C2CC(C)CCN2)cc1. The number of nitrogens with one attached hydrogen (secondary N) is 1. The van der Waals surface area contributed by atoms with Crippen molar-refractivity contribution in [3.63, 3.8) is 0 Å². The number of methoxy groups -OCH3 is 1. The highest BCUT2D eigenvalue weighted by molar-refractivity contribution is 5.81. The quantitative estimate of drug-likeness (QED) is 0.915. The molecule has 0 aromatic heterocycles. The minimum atomic E-state index is -0.0259. The van der Waals surface area contributed by atoms with Crippen molar-refractivity contribution >= 4 is 5.91 Å². The average molecular weight is 276 g/mol. The highest BCUT2D eigenvalue weighted by Gasteiger charge is 2.26. The van der Waals surface area contributed by atoms with Gasteiger partial charge < -0.3 is 15.0 Å². The van der Waals surface area contributed by atoms with Crippen molar-refractivity contribution in [3.8, 4) is 5.75 Å². The number of likely N-dealkylation sites (N-methyl/N-ethyl adjacent to an activating group) is 1. The van der Waals surface area contributed by atoms with Crippen LogP contribution in [0.25, 0.3) is 0 Å². The molecule has 4 heteroatoms. The minimum absolute atomic E-state index is 0.0259. The number of hydrogen-bond acceptors (Lipinski definition) is 3. The molecule has 0 spiro atoms. The number of carbonyl (C=O) groups excluding carboxylic acids is 1. The van der Waals surface area contributed by atoms with E-state index in [-0.39, 0.29) is 11.9 Å². The Morgan fingerprint density at radius 1 is 1.40 bits per heavy atom. The van der Waals surface area contributed by atoms with Crippen LogP contribution in [0, 0.1) is 5.92 Å². The van der Waals surface area contributed by atoms with Crippen LogP contribution in [0.1, 0.15) is 25.3 Å². The molecule has 0 saturated carbocycles. The van der Waals surface area contributed by atoms with Crippen LogP contribution < -0.4 is 10.1 Å². The van der Waals surface area contributed by atoms with Crippen molar-refractivity contribution in [2.45, 2.75) is 32.4 Å². The van der Waals surface area contributed by atoms with Gasteiger partial charge in [0.1, 0.15) is 5.75 Å². The van der Waals surface area contributed by atoms with Gasteiger partial charge in [-0.1, -0.05) is 19.1 Å². The molecule has 1 fully saturated rings. The molecule has 1 aromatic carbocycles. The topological polar surface area (TPSA) is 41.6 Å². The van der Waals surface area contributed by atoms with Crippen LogP contribution in [-0.2, 0) is 11.3 Å². The first kappa shape index (κ1) is 14.9. The van der Waals surface area contributed by atoms with Crippen molar-refractivity contribution in [1.82, 2.24) is 10.2 Å². The Bertz CT molecular complexity index is 444. The number of amides is 1. The predicted molar refractivity (Wildman–Crippen MR) is 79.7 cm³/mol. The molecule has 110 valence electrons. The lowest BCUT2D eigenvalue weighted by molar-refractivity contribution is -0.133. The molecule has 2 atom stereocenters. The maximum absolute atomic E-state index is 12.4. The molecule has 1 amide bonds. The zero-order chi connectivity index (χ0) is 14.5. The van der Waals surface area contributed by atoms with Gasteiger partial charge in [-0.2, -0.15) is 0 Å². The molecule has 4 nitrogen and oxygen atoms in total. The van der Waals surface area contributed by atoms with Gasteiger partial charge in [-0.05, 0) is 43.0 Å². The minimum Gasteiger partial charge on any atom is -0.497 e. The third-order valence-corrected chi connectivity index (χ3v) is 3.92. The number of rotatable bonds is 4. The maximum atomic E-state index is 12.4. The van der Waals surface area contributed by atoms with Gasteiger partial charge in [0.05, 0.1) is 13.2 Å². The number of hydrogen-bond donors (Lipinski definition) is 1. The maximum Gasteiger partial charge on any atom is 0.239 e. The van der Waals surface area contributed by atoms with E-state index >= 15 is 0 Å². The summed E-state index contributed by atoms with van der Waals surface area (Å²) in [5.74, 6) is 1.65. The first-order valence-corrected chi connectivity index (χ1v) is 7.21. The van der Waals surface area contributed by atoms with Gasteiger partial charge in [0.15, 0.2) is 0 Å². The van der Waals surface area contributed by atoms with Crippen molar-refractivity contribution in [2.24, 2.45) is 5.92 Å². The Morgan fingerprint density at radius 2 is 2.10 bits per heavy atom. The molecule has 20 heavy (non-hydrogen) atoms. The Hall–Kier alpha value is -1.55. The highest BCUT2D eigenvalue weighted by Crippen LogP contribution is 2.18. The summed E-state index contributed by atoms with van der Waals surface area (Å²) in [6, 6.07) is 7.82. The van der Waals surface area contributed by atoms with Crippen LogP contribution >= 0.6 is 0 Å². The first-order valence-electron chi connectivity index (χ1n) is 7.21. The van der Waals surface area contributed by atoms with E-state index in [2.05, 4.69) is 12.2 Å². The third-order valence-electron chi connectivity index (χ3n) is 3.92. The van der Waals surface area contributed by atoms with Crippen molar-refractivity contribution in [3.05, 3.63) is 29.8 Å². The van der Waals surface area contributed by atoms with Gasteiger partial charge >= 0.3 is 0 Å². The van der Waals surface area contributed by atoms with Gasteiger partial charge in [-0.15, -0.1) is 0 Å². The van der Waals surface area contributed by atoms with Gasteiger partial charge in [-0.25, -0.2) is 0 Å². The molecule has 1 aliphatic rings. The second kappa shape index (κ2) is 6.75. The Labute approximate surface area is 121 Å². The molecule has 1 heterocycles. The summed E-state index contributed by atoms with van der Waals surface area (Å²) in [4.78, 5) is 14.2. The fourth-order valence-corrected chi connectivity index (χ4v) is 2.64. The molecule has 2 rings (SSSR count). The van der Waals surface area contributed by atoms with E-state index in [1.807, 2.05) is 31.3 Å². The van der Waals surface area contributed by atoms with Crippen LogP contribution in [0.2, 0.25) is 0 Å². The molecule has 2 unspecified atom stereocenters.